The standard InChI is InChI=1S/C10H24N2/c1-6-12(7-8(2)3)10(5)9(4)11/h8-10H,6-7,11H2,1-5H3. The molecule has 0 aromatic carbocycles. The molecular weight excluding hydrogens is 148 g/mol. The Kier molecular flexibility index (Phi) is 5.51. The first-order valence-electron chi connectivity index (χ1n) is 4.98. The largest absolute Gasteiger partial charge is 0.327 e. The fourth-order valence-corrected chi connectivity index (χ4v) is 1.38. The third-order valence-corrected chi connectivity index (χ3v) is 2.34. The zero-order chi connectivity index (χ0) is 9.72. The molecule has 0 spiro atoms. The van der Waals surface area contributed by atoms with Gasteiger partial charge in [-0.15, -0.1) is 0 Å². The Morgan fingerprint density at radius 2 is 1.67 bits per heavy atom. The summed E-state index contributed by atoms with van der Waals surface area (Å²) in [5, 5.41) is 0. The summed E-state index contributed by atoms with van der Waals surface area (Å²) < 4.78 is 0. The fourth-order valence-electron chi connectivity index (χ4n) is 1.38. The minimum Gasteiger partial charge on any atom is -0.327 e. The van der Waals surface area contributed by atoms with E-state index in [1.165, 1.54) is 0 Å². The summed E-state index contributed by atoms with van der Waals surface area (Å²) in [7, 11) is 0. The van der Waals surface area contributed by atoms with Gasteiger partial charge in [0.2, 0.25) is 0 Å². The Bertz CT molecular complexity index is 110. The number of nitrogens with two attached hydrogens (primary N) is 1. The molecule has 0 radical (unpaired) electrons. The molecule has 2 N–H and O–H groups in total. The average Bonchev–Trinajstić information content (AvgIpc) is 1.98. The molecule has 0 aromatic heterocycles. The van der Waals surface area contributed by atoms with Crippen LogP contribution in [0.1, 0.15) is 34.6 Å². The monoisotopic (exact) mass is 172 g/mol. The van der Waals surface area contributed by atoms with E-state index >= 15 is 0 Å². The maximum atomic E-state index is 5.85. The van der Waals surface area contributed by atoms with Crippen molar-refractivity contribution in [2.75, 3.05) is 13.1 Å². The first-order valence-corrected chi connectivity index (χ1v) is 4.98. The van der Waals surface area contributed by atoms with Gasteiger partial charge in [0.25, 0.3) is 0 Å². The quantitative estimate of drug-likeness (QED) is 0.684. The first-order chi connectivity index (χ1) is 5.49. The van der Waals surface area contributed by atoms with Gasteiger partial charge in [0, 0.05) is 18.6 Å². The summed E-state index contributed by atoms with van der Waals surface area (Å²) in [5.74, 6) is 0.728. The van der Waals surface area contributed by atoms with Gasteiger partial charge >= 0.3 is 0 Å². The van der Waals surface area contributed by atoms with Crippen molar-refractivity contribution in [1.29, 1.82) is 0 Å². The van der Waals surface area contributed by atoms with E-state index in [9.17, 15) is 0 Å². The molecule has 0 aliphatic rings. The number of hydrogen-bond donors (Lipinski definition) is 1. The van der Waals surface area contributed by atoms with Crippen molar-refractivity contribution in [3.05, 3.63) is 0 Å². The van der Waals surface area contributed by atoms with Gasteiger partial charge in [-0.25, -0.2) is 0 Å². The predicted molar refractivity (Wildman–Crippen MR) is 55.2 cm³/mol. The van der Waals surface area contributed by atoms with Gasteiger partial charge in [0.1, 0.15) is 0 Å². The summed E-state index contributed by atoms with van der Waals surface area (Å²) in [6, 6.07) is 0.765. The molecule has 74 valence electrons. The molecule has 0 amide bonds. The third kappa shape index (κ3) is 4.07. The molecule has 0 saturated heterocycles. The number of nitrogens with zero attached hydrogens (tertiary/aromatic N) is 1. The average molecular weight is 172 g/mol. The van der Waals surface area contributed by atoms with Crippen molar-refractivity contribution in [1.82, 2.24) is 4.90 Å². The second kappa shape index (κ2) is 5.55. The highest BCUT2D eigenvalue weighted by Gasteiger charge is 2.16. The topological polar surface area (TPSA) is 29.3 Å². The maximum Gasteiger partial charge on any atom is 0.0216 e. The molecular formula is C10H24N2. The van der Waals surface area contributed by atoms with E-state index in [-0.39, 0.29) is 6.04 Å². The molecule has 0 fully saturated rings. The number of rotatable bonds is 5. The Hall–Kier alpha value is -0.0800. The van der Waals surface area contributed by atoms with Crippen LogP contribution in [0.2, 0.25) is 0 Å². The lowest BCUT2D eigenvalue weighted by Gasteiger charge is -2.31. The highest BCUT2D eigenvalue weighted by atomic mass is 15.2. The van der Waals surface area contributed by atoms with Gasteiger partial charge in [0.15, 0.2) is 0 Å². The molecule has 2 heteroatoms. The highest BCUT2D eigenvalue weighted by molar-refractivity contribution is 4.74. The fraction of sp³-hybridized carbons (Fsp3) is 1.00. The molecule has 0 bridgehead atoms. The summed E-state index contributed by atoms with van der Waals surface area (Å²) in [4.78, 5) is 2.44. The molecule has 2 atom stereocenters. The number of likely N-dealkylation sites (N-methyl/N-ethyl adjacent to an activating group) is 1. The summed E-state index contributed by atoms with van der Waals surface area (Å²) in [6.07, 6.45) is 0. The number of hydrogen-bond acceptors (Lipinski definition) is 2. The van der Waals surface area contributed by atoms with Crippen LogP contribution in [0.15, 0.2) is 0 Å². The van der Waals surface area contributed by atoms with Gasteiger partial charge in [-0.05, 0) is 26.3 Å². The van der Waals surface area contributed by atoms with Crippen LogP contribution in [0.4, 0.5) is 0 Å². The molecule has 12 heavy (non-hydrogen) atoms. The Morgan fingerprint density at radius 3 is 1.92 bits per heavy atom. The Balaban J connectivity index is 3.96. The van der Waals surface area contributed by atoms with Crippen molar-refractivity contribution >= 4 is 0 Å². The van der Waals surface area contributed by atoms with Crippen LogP contribution < -0.4 is 5.73 Å². The van der Waals surface area contributed by atoms with Crippen LogP contribution in [0.25, 0.3) is 0 Å². The second-order valence-electron chi connectivity index (χ2n) is 4.08. The molecule has 0 aliphatic heterocycles. The van der Waals surface area contributed by atoms with E-state index in [0.29, 0.717) is 6.04 Å². The van der Waals surface area contributed by atoms with Crippen molar-refractivity contribution in [2.45, 2.75) is 46.7 Å². The van der Waals surface area contributed by atoms with Crippen LogP contribution in [-0.2, 0) is 0 Å². The molecule has 0 saturated carbocycles. The third-order valence-electron chi connectivity index (χ3n) is 2.34. The normalized spacial score (nSPS) is 17.0. The van der Waals surface area contributed by atoms with E-state index in [0.717, 1.165) is 19.0 Å². The van der Waals surface area contributed by atoms with Crippen molar-refractivity contribution in [3.8, 4) is 0 Å². The lowest BCUT2D eigenvalue weighted by molar-refractivity contribution is 0.178. The van der Waals surface area contributed by atoms with Gasteiger partial charge in [-0.1, -0.05) is 20.8 Å². The highest BCUT2D eigenvalue weighted by Crippen LogP contribution is 2.05. The summed E-state index contributed by atoms with van der Waals surface area (Å²) in [6.45, 7) is 13.2. The van der Waals surface area contributed by atoms with E-state index in [1.807, 2.05) is 0 Å². The van der Waals surface area contributed by atoms with Crippen LogP contribution >= 0.6 is 0 Å². The Morgan fingerprint density at radius 1 is 1.17 bits per heavy atom. The smallest absolute Gasteiger partial charge is 0.0216 e. The lowest BCUT2D eigenvalue weighted by Crippen LogP contribution is -2.45. The minimum atomic E-state index is 0.267. The summed E-state index contributed by atoms with van der Waals surface area (Å²) in [5.41, 5.74) is 5.85. The van der Waals surface area contributed by atoms with Crippen LogP contribution in [0, 0.1) is 5.92 Å². The molecule has 0 aromatic rings. The van der Waals surface area contributed by atoms with Gasteiger partial charge < -0.3 is 5.73 Å². The zero-order valence-electron chi connectivity index (χ0n) is 9.17. The van der Waals surface area contributed by atoms with Crippen molar-refractivity contribution in [3.63, 3.8) is 0 Å². The summed E-state index contributed by atoms with van der Waals surface area (Å²) >= 11 is 0. The second-order valence-corrected chi connectivity index (χ2v) is 4.08. The zero-order valence-corrected chi connectivity index (χ0v) is 9.17. The Labute approximate surface area is 77.1 Å². The van der Waals surface area contributed by atoms with Crippen molar-refractivity contribution in [2.24, 2.45) is 11.7 Å². The van der Waals surface area contributed by atoms with E-state index in [2.05, 4.69) is 39.5 Å². The van der Waals surface area contributed by atoms with E-state index < -0.39 is 0 Å². The van der Waals surface area contributed by atoms with Crippen molar-refractivity contribution < 1.29 is 0 Å². The minimum absolute atomic E-state index is 0.267. The van der Waals surface area contributed by atoms with Gasteiger partial charge in [-0.3, -0.25) is 4.90 Å². The maximum absolute atomic E-state index is 5.85. The van der Waals surface area contributed by atoms with Gasteiger partial charge in [0.05, 0.1) is 0 Å². The van der Waals surface area contributed by atoms with E-state index in [4.69, 9.17) is 5.73 Å². The molecule has 2 unspecified atom stereocenters. The van der Waals surface area contributed by atoms with Crippen LogP contribution in [0.5, 0.6) is 0 Å². The molecule has 0 rings (SSSR count). The van der Waals surface area contributed by atoms with Crippen LogP contribution in [-0.4, -0.2) is 30.1 Å². The molecule has 0 heterocycles. The van der Waals surface area contributed by atoms with E-state index in [1.54, 1.807) is 0 Å². The first kappa shape index (κ1) is 11.9. The molecule has 2 nitrogen and oxygen atoms in total. The van der Waals surface area contributed by atoms with Gasteiger partial charge in [-0.2, -0.15) is 0 Å². The van der Waals surface area contributed by atoms with Crippen LogP contribution in [0.3, 0.4) is 0 Å². The molecule has 0 aliphatic carbocycles. The lowest BCUT2D eigenvalue weighted by atomic mass is 10.1. The SMILES string of the molecule is CCN(CC(C)C)C(C)C(C)N. The predicted octanol–water partition coefficient (Wildman–Crippen LogP) is 1.70.